The van der Waals surface area contributed by atoms with E-state index in [0.717, 1.165) is 18.9 Å². The highest BCUT2D eigenvalue weighted by molar-refractivity contribution is 5.89. The van der Waals surface area contributed by atoms with Crippen molar-refractivity contribution in [2.45, 2.75) is 32.9 Å². The van der Waals surface area contributed by atoms with Crippen LogP contribution in [0.15, 0.2) is 18.3 Å². The van der Waals surface area contributed by atoms with Gasteiger partial charge in [-0.05, 0) is 40.0 Å². The predicted molar refractivity (Wildman–Crippen MR) is 79.1 cm³/mol. The molecule has 2 atom stereocenters. The van der Waals surface area contributed by atoms with Crippen LogP contribution in [0.5, 0.6) is 0 Å². The van der Waals surface area contributed by atoms with E-state index in [1.807, 2.05) is 6.07 Å². The summed E-state index contributed by atoms with van der Waals surface area (Å²) in [5.74, 6) is 0.608. The van der Waals surface area contributed by atoms with Crippen LogP contribution in [-0.4, -0.2) is 54.7 Å². The summed E-state index contributed by atoms with van der Waals surface area (Å²) in [6, 6.07) is 4.67. The van der Waals surface area contributed by atoms with Crippen molar-refractivity contribution in [1.82, 2.24) is 9.88 Å². The number of rotatable bonds is 3. The largest absolute Gasteiger partial charge is 0.462 e. The highest BCUT2D eigenvalue weighted by Crippen LogP contribution is 2.19. The molecule has 0 spiro atoms. The van der Waals surface area contributed by atoms with Crippen LogP contribution in [0.25, 0.3) is 0 Å². The summed E-state index contributed by atoms with van der Waals surface area (Å²) in [5, 5.41) is 0. The second-order valence-corrected chi connectivity index (χ2v) is 5.39. The molecule has 1 aromatic heterocycles. The van der Waals surface area contributed by atoms with Gasteiger partial charge in [-0.15, -0.1) is 0 Å². The topological polar surface area (TPSA) is 45.7 Å². The minimum absolute atomic E-state index is 0.313. The number of nitrogens with zero attached hydrogens (tertiary/aromatic N) is 3. The van der Waals surface area contributed by atoms with Gasteiger partial charge >= 0.3 is 5.97 Å². The van der Waals surface area contributed by atoms with Gasteiger partial charge < -0.3 is 9.64 Å². The Morgan fingerprint density at radius 1 is 1.35 bits per heavy atom. The average Bonchev–Trinajstić information content (AvgIpc) is 2.44. The molecule has 5 heteroatoms. The molecule has 1 aromatic rings. The zero-order valence-corrected chi connectivity index (χ0v) is 12.7. The molecule has 110 valence electrons. The molecule has 0 aliphatic carbocycles. The average molecular weight is 277 g/mol. The van der Waals surface area contributed by atoms with Crippen molar-refractivity contribution in [3.05, 3.63) is 23.9 Å². The van der Waals surface area contributed by atoms with Crippen LogP contribution in [0.1, 0.15) is 31.1 Å². The molecule has 0 radical (unpaired) electrons. The lowest BCUT2D eigenvalue weighted by molar-refractivity contribution is 0.0526. The fraction of sp³-hybridized carbons (Fsp3) is 0.600. The van der Waals surface area contributed by atoms with Crippen LogP contribution in [0.4, 0.5) is 5.82 Å². The third-order valence-electron chi connectivity index (χ3n) is 3.94. The number of aromatic nitrogens is 1. The van der Waals surface area contributed by atoms with Crippen molar-refractivity contribution < 1.29 is 9.53 Å². The van der Waals surface area contributed by atoms with Gasteiger partial charge in [0, 0.05) is 31.4 Å². The van der Waals surface area contributed by atoms with Crippen LogP contribution in [0, 0.1) is 0 Å². The number of esters is 1. The molecule has 1 fully saturated rings. The van der Waals surface area contributed by atoms with E-state index < -0.39 is 0 Å². The molecule has 2 rings (SSSR count). The van der Waals surface area contributed by atoms with Gasteiger partial charge in [0.1, 0.15) is 5.82 Å². The molecule has 1 aliphatic heterocycles. The summed E-state index contributed by atoms with van der Waals surface area (Å²) in [7, 11) is 2.16. The van der Waals surface area contributed by atoms with E-state index in [1.165, 1.54) is 0 Å². The molecule has 0 bridgehead atoms. The summed E-state index contributed by atoms with van der Waals surface area (Å²) >= 11 is 0. The fourth-order valence-corrected chi connectivity index (χ4v) is 2.50. The Morgan fingerprint density at radius 2 is 2.00 bits per heavy atom. The Labute approximate surface area is 120 Å². The van der Waals surface area contributed by atoms with Gasteiger partial charge in [-0.1, -0.05) is 0 Å². The van der Waals surface area contributed by atoms with Gasteiger partial charge in [0.05, 0.1) is 12.2 Å². The quantitative estimate of drug-likeness (QED) is 0.788. The first-order valence-electron chi connectivity index (χ1n) is 7.13. The number of carbonyl (C=O) groups excluding carboxylic acids is 1. The monoisotopic (exact) mass is 277 g/mol. The maximum absolute atomic E-state index is 11.6. The SMILES string of the molecule is CCOC(=O)c1ccc(N2CC(C)N(C)C(C)C2)nc1. The molecular formula is C15H23N3O2. The minimum atomic E-state index is -0.313. The van der Waals surface area contributed by atoms with Crippen LogP contribution in [0.3, 0.4) is 0 Å². The van der Waals surface area contributed by atoms with Crippen LogP contribution < -0.4 is 4.90 Å². The summed E-state index contributed by atoms with van der Waals surface area (Å²) in [4.78, 5) is 20.6. The molecule has 1 saturated heterocycles. The summed E-state index contributed by atoms with van der Waals surface area (Å²) in [5.41, 5.74) is 0.505. The summed E-state index contributed by atoms with van der Waals surface area (Å²) in [6.45, 7) is 8.52. The smallest absolute Gasteiger partial charge is 0.339 e. The van der Waals surface area contributed by atoms with Crippen LogP contribution in [-0.2, 0) is 4.74 Å². The molecular weight excluding hydrogens is 254 g/mol. The van der Waals surface area contributed by atoms with Gasteiger partial charge in [0.2, 0.25) is 0 Å². The van der Waals surface area contributed by atoms with Gasteiger partial charge in [-0.2, -0.15) is 0 Å². The van der Waals surface area contributed by atoms with Crippen LogP contribution in [0.2, 0.25) is 0 Å². The maximum Gasteiger partial charge on any atom is 0.339 e. The summed E-state index contributed by atoms with van der Waals surface area (Å²) in [6.07, 6.45) is 1.60. The summed E-state index contributed by atoms with van der Waals surface area (Å²) < 4.78 is 4.96. The van der Waals surface area contributed by atoms with Crippen molar-refractivity contribution in [1.29, 1.82) is 0 Å². The number of hydrogen-bond acceptors (Lipinski definition) is 5. The Hall–Kier alpha value is -1.62. The first-order chi connectivity index (χ1) is 9.52. The first-order valence-corrected chi connectivity index (χ1v) is 7.13. The Bertz CT molecular complexity index is 449. The normalized spacial score (nSPS) is 23.7. The Kier molecular flexibility index (Phi) is 4.60. The van der Waals surface area contributed by atoms with Crippen molar-refractivity contribution in [3.8, 4) is 0 Å². The van der Waals surface area contributed by atoms with E-state index in [-0.39, 0.29) is 5.97 Å². The number of anilines is 1. The molecule has 0 aromatic carbocycles. The lowest BCUT2D eigenvalue weighted by atomic mass is 10.1. The van der Waals surface area contributed by atoms with E-state index in [1.54, 1.807) is 19.2 Å². The highest BCUT2D eigenvalue weighted by atomic mass is 16.5. The maximum atomic E-state index is 11.6. The van der Waals surface area contributed by atoms with Gasteiger partial charge in [0.25, 0.3) is 0 Å². The molecule has 2 unspecified atom stereocenters. The zero-order valence-electron chi connectivity index (χ0n) is 12.7. The molecule has 0 amide bonds. The second kappa shape index (κ2) is 6.22. The number of pyridine rings is 1. The van der Waals surface area contributed by atoms with E-state index in [0.29, 0.717) is 24.3 Å². The van der Waals surface area contributed by atoms with Gasteiger partial charge in [-0.3, -0.25) is 4.90 Å². The van der Waals surface area contributed by atoms with E-state index in [9.17, 15) is 4.79 Å². The number of piperazine rings is 1. The first kappa shape index (κ1) is 14.8. The lowest BCUT2D eigenvalue weighted by Crippen LogP contribution is -2.55. The third kappa shape index (κ3) is 3.10. The Morgan fingerprint density at radius 3 is 2.50 bits per heavy atom. The number of likely N-dealkylation sites (N-methyl/N-ethyl adjacent to an activating group) is 1. The zero-order chi connectivity index (χ0) is 14.7. The number of carbonyl (C=O) groups is 1. The van der Waals surface area contributed by atoms with Crippen LogP contribution >= 0.6 is 0 Å². The minimum Gasteiger partial charge on any atom is -0.462 e. The van der Waals surface area contributed by atoms with E-state index >= 15 is 0 Å². The van der Waals surface area contributed by atoms with Crippen molar-refractivity contribution >= 4 is 11.8 Å². The molecule has 0 N–H and O–H groups in total. The van der Waals surface area contributed by atoms with Crippen molar-refractivity contribution in [2.75, 3.05) is 31.6 Å². The van der Waals surface area contributed by atoms with Gasteiger partial charge in [0.15, 0.2) is 0 Å². The lowest BCUT2D eigenvalue weighted by Gasteiger charge is -2.43. The third-order valence-corrected chi connectivity index (χ3v) is 3.94. The molecule has 0 saturated carbocycles. The Balaban J connectivity index is 2.08. The molecule has 20 heavy (non-hydrogen) atoms. The molecule has 5 nitrogen and oxygen atoms in total. The standard InChI is InChI=1S/C15H23N3O2/c1-5-20-15(19)13-6-7-14(16-8-13)18-9-11(2)17(4)12(3)10-18/h6-8,11-12H,5,9-10H2,1-4H3. The predicted octanol–water partition coefficient (Wildman–Crippen LogP) is 1.79. The number of hydrogen-bond donors (Lipinski definition) is 0. The fourth-order valence-electron chi connectivity index (χ4n) is 2.50. The van der Waals surface area contributed by atoms with E-state index in [4.69, 9.17) is 4.74 Å². The van der Waals surface area contributed by atoms with E-state index in [2.05, 4.69) is 35.7 Å². The van der Waals surface area contributed by atoms with Crippen molar-refractivity contribution in [3.63, 3.8) is 0 Å². The van der Waals surface area contributed by atoms with Crippen molar-refractivity contribution in [2.24, 2.45) is 0 Å². The molecule has 1 aliphatic rings. The van der Waals surface area contributed by atoms with Gasteiger partial charge in [-0.25, -0.2) is 9.78 Å². The molecule has 2 heterocycles. The number of ether oxygens (including phenoxy) is 1. The second-order valence-electron chi connectivity index (χ2n) is 5.39. The highest BCUT2D eigenvalue weighted by Gasteiger charge is 2.27.